The molecule has 0 aliphatic rings. The molecule has 0 saturated heterocycles. The quantitative estimate of drug-likeness (QED) is 0.106. The SMILES string of the molecule is CCN(CC)C(=O)c1ccnc(C#CCOCCCCCCN(Cc2ccccc2)CC(O)c2cc(Cl)c(N)c(Cl)c2)c1. The predicted molar refractivity (Wildman–Crippen MR) is 175 cm³/mol. The van der Waals surface area contributed by atoms with E-state index in [4.69, 9.17) is 33.7 Å². The van der Waals surface area contributed by atoms with Crippen molar-refractivity contribution in [3.05, 3.63) is 93.2 Å². The Morgan fingerprint density at radius 2 is 1.72 bits per heavy atom. The molecule has 3 aromatic rings. The summed E-state index contributed by atoms with van der Waals surface area (Å²) in [5.41, 5.74) is 9.19. The number of aliphatic hydroxyl groups is 1. The maximum absolute atomic E-state index is 12.5. The molecule has 230 valence electrons. The lowest BCUT2D eigenvalue weighted by Crippen LogP contribution is -2.30. The number of pyridine rings is 1. The van der Waals surface area contributed by atoms with Gasteiger partial charge in [0.1, 0.15) is 12.3 Å². The first-order valence-corrected chi connectivity index (χ1v) is 15.6. The van der Waals surface area contributed by atoms with E-state index in [0.29, 0.717) is 65.4 Å². The number of benzene rings is 2. The van der Waals surface area contributed by atoms with Crippen molar-refractivity contribution in [3.8, 4) is 11.8 Å². The van der Waals surface area contributed by atoms with Gasteiger partial charge < -0.3 is 20.5 Å². The molecule has 3 N–H and O–H groups in total. The van der Waals surface area contributed by atoms with Gasteiger partial charge in [-0.2, -0.15) is 0 Å². The smallest absolute Gasteiger partial charge is 0.253 e. The number of unbranched alkanes of at least 4 members (excludes halogenated alkanes) is 3. The number of amides is 1. The third kappa shape index (κ3) is 11.5. The van der Waals surface area contributed by atoms with Crippen LogP contribution >= 0.6 is 23.2 Å². The number of nitrogen functional groups attached to an aromatic ring is 1. The maximum Gasteiger partial charge on any atom is 0.253 e. The zero-order chi connectivity index (χ0) is 31.0. The van der Waals surface area contributed by atoms with Crippen LogP contribution in [-0.2, 0) is 11.3 Å². The summed E-state index contributed by atoms with van der Waals surface area (Å²) in [5.74, 6) is 5.97. The lowest BCUT2D eigenvalue weighted by atomic mass is 10.1. The van der Waals surface area contributed by atoms with Gasteiger partial charge in [-0.05, 0) is 74.5 Å². The number of nitrogens with two attached hydrogens (primary N) is 1. The number of rotatable bonds is 16. The van der Waals surface area contributed by atoms with Crippen LogP contribution in [0.5, 0.6) is 0 Å². The Morgan fingerprint density at radius 1 is 1.02 bits per heavy atom. The topological polar surface area (TPSA) is 91.9 Å². The molecule has 1 aromatic heterocycles. The number of carbonyl (C=O) groups is 1. The van der Waals surface area contributed by atoms with Crippen LogP contribution in [0.15, 0.2) is 60.8 Å². The minimum Gasteiger partial charge on any atom is -0.396 e. The Morgan fingerprint density at radius 3 is 2.42 bits per heavy atom. The number of hydrogen-bond donors (Lipinski definition) is 2. The fraction of sp³-hybridized carbons (Fsp3) is 0.412. The largest absolute Gasteiger partial charge is 0.396 e. The number of aromatic nitrogens is 1. The molecule has 0 aliphatic carbocycles. The van der Waals surface area contributed by atoms with Crippen LogP contribution in [0.3, 0.4) is 0 Å². The fourth-order valence-corrected chi connectivity index (χ4v) is 5.19. The normalized spacial score (nSPS) is 11.7. The monoisotopic (exact) mass is 624 g/mol. The van der Waals surface area contributed by atoms with Gasteiger partial charge in [-0.3, -0.25) is 9.69 Å². The Balaban J connectivity index is 1.40. The van der Waals surface area contributed by atoms with Gasteiger partial charge in [-0.25, -0.2) is 4.98 Å². The number of aliphatic hydroxyl groups excluding tert-OH is 1. The van der Waals surface area contributed by atoms with E-state index in [0.717, 1.165) is 38.8 Å². The van der Waals surface area contributed by atoms with E-state index < -0.39 is 6.10 Å². The second kappa shape index (κ2) is 18.5. The number of nitrogens with zero attached hydrogens (tertiary/aromatic N) is 3. The van der Waals surface area contributed by atoms with Crippen molar-refractivity contribution in [3.63, 3.8) is 0 Å². The van der Waals surface area contributed by atoms with Gasteiger partial charge in [0.05, 0.1) is 21.8 Å². The third-order valence-electron chi connectivity index (χ3n) is 7.13. The van der Waals surface area contributed by atoms with Crippen molar-refractivity contribution in [2.75, 3.05) is 45.1 Å². The Bertz CT molecular complexity index is 1330. The van der Waals surface area contributed by atoms with Crippen LogP contribution < -0.4 is 5.73 Å². The number of hydrogen-bond acceptors (Lipinski definition) is 6. The number of halogens is 2. The molecule has 0 bridgehead atoms. The lowest BCUT2D eigenvalue weighted by molar-refractivity contribution is 0.0772. The molecular weight excluding hydrogens is 583 g/mol. The second-order valence-electron chi connectivity index (χ2n) is 10.3. The van der Waals surface area contributed by atoms with Crippen LogP contribution in [0.2, 0.25) is 10.0 Å². The van der Waals surface area contributed by atoms with Gasteiger partial charge in [-0.1, -0.05) is 72.3 Å². The first kappa shape index (κ1) is 34.4. The van der Waals surface area contributed by atoms with Gasteiger partial charge in [0.15, 0.2) is 0 Å². The highest BCUT2D eigenvalue weighted by molar-refractivity contribution is 6.38. The van der Waals surface area contributed by atoms with E-state index >= 15 is 0 Å². The molecule has 0 radical (unpaired) electrons. The van der Waals surface area contributed by atoms with Crippen molar-refractivity contribution < 1.29 is 14.6 Å². The zero-order valence-electron chi connectivity index (χ0n) is 25.1. The van der Waals surface area contributed by atoms with Gasteiger partial charge in [0, 0.05) is 44.5 Å². The van der Waals surface area contributed by atoms with E-state index in [2.05, 4.69) is 33.9 Å². The van der Waals surface area contributed by atoms with Gasteiger partial charge in [-0.15, -0.1) is 0 Å². The summed E-state index contributed by atoms with van der Waals surface area (Å²) in [4.78, 5) is 20.8. The highest BCUT2D eigenvalue weighted by Gasteiger charge is 2.17. The van der Waals surface area contributed by atoms with Crippen molar-refractivity contribution >= 4 is 34.8 Å². The molecule has 1 atom stereocenters. The van der Waals surface area contributed by atoms with Crippen LogP contribution in [0.4, 0.5) is 5.69 Å². The molecule has 0 spiro atoms. The van der Waals surface area contributed by atoms with E-state index in [1.807, 2.05) is 32.0 Å². The predicted octanol–water partition coefficient (Wildman–Crippen LogP) is 6.62. The van der Waals surface area contributed by atoms with Crippen LogP contribution in [0, 0.1) is 11.8 Å². The molecule has 0 fully saturated rings. The Labute approximate surface area is 266 Å². The van der Waals surface area contributed by atoms with E-state index in [9.17, 15) is 9.90 Å². The van der Waals surface area contributed by atoms with Crippen molar-refractivity contribution in [2.45, 2.75) is 52.2 Å². The van der Waals surface area contributed by atoms with Crippen LogP contribution in [0.1, 0.15) is 72.8 Å². The third-order valence-corrected chi connectivity index (χ3v) is 7.75. The highest BCUT2D eigenvalue weighted by atomic mass is 35.5. The fourth-order valence-electron chi connectivity index (χ4n) is 4.69. The summed E-state index contributed by atoms with van der Waals surface area (Å²) in [5, 5.41) is 11.6. The average molecular weight is 626 g/mol. The molecular formula is C34H42Cl2N4O3. The summed E-state index contributed by atoms with van der Waals surface area (Å²) in [6.07, 6.45) is 4.90. The minimum absolute atomic E-state index is 0.0114. The first-order chi connectivity index (χ1) is 20.8. The summed E-state index contributed by atoms with van der Waals surface area (Å²) in [6.45, 7) is 8.24. The summed E-state index contributed by atoms with van der Waals surface area (Å²) >= 11 is 12.4. The number of ether oxygens (including phenoxy) is 1. The molecule has 9 heteroatoms. The molecule has 7 nitrogen and oxygen atoms in total. The lowest BCUT2D eigenvalue weighted by Gasteiger charge is -2.26. The second-order valence-corrected chi connectivity index (χ2v) is 11.1. The van der Waals surface area contributed by atoms with Gasteiger partial charge in [0.2, 0.25) is 0 Å². The van der Waals surface area contributed by atoms with Gasteiger partial charge in [0.25, 0.3) is 5.91 Å². The average Bonchev–Trinajstić information content (AvgIpc) is 3.01. The maximum atomic E-state index is 12.5. The molecule has 1 amide bonds. The molecule has 0 saturated carbocycles. The van der Waals surface area contributed by atoms with E-state index in [1.165, 1.54) is 5.56 Å². The molecule has 0 aliphatic heterocycles. The first-order valence-electron chi connectivity index (χ1n) is 14.8. The van der Waals surface area contributed by atoms with Crippen LogP contribution in [0.25, 0.3) is 0 Å². The Kier molecular flexibility index (Phi) is 14.8. The molecule has 3 rings (SSSR count). The van der Waals surface area contributed by atoms with E-state index in [-0.39, 0.29) is 5.91 Å². The van der Waals surface area contributed by atoms with E-state index in [1.54, 1.807) is 35.4 Å². The van der Waals surface area contributed by atoms with Crippen molar-refractivity contribution in [2.24, 2.45) is 0 Å². The molecule has 1 heterocycles. The minimum atomic E-state index is -0.741. The molecule has 43 heavy (non-hydrogen) atoms. The standard InChI is InChI=1S/C34H42Cl2N4O3/c1-3-40(4-2)34(42)27-16-17-38-29(21-27)15-12-20-43-19-11-6-5-10-18-39(24-26-13-8-7-9-14-26)25-32(41)28-22-30(35)33(37)31(36)23-28/h7-9,13-14,16-17,21-23,32,41H,3-6,10-11,18-20,24-25,37H2,1-2H3. The van der Waals surface area contributed by atoms with Gasteiger partial charge >= 0.3 is 0 Å². The number of carbonyl (C=O) groups excluding carboxylic acids is 1. The van der Waals surface area contributed by atoms with Crippen molar-refractivity contribution in [1.82, 2.24) is 14.8 Å². The zero-order valence-corrected chi connectivity index (χ0v) is 26.6. The summed E-state index contributed by atoms with van der Waals surface area (Å²) < 4.78 is 5.69. The van der Waals surface area contributed by atoms with Crippen molar-refractivity contribution in [1.29, 1.82) is 0 Å². The summed E-state index contributed by atoms with van der Waals surface area (Å²) in [6, 6.07) is 17.0. The molecule has 2 aromatic carbocycles. The summed E-state index contributed by atoms with van der Waals surface area (Å²) in [7, 11) is 0. The molecule has 1 unspecified atom stereocenters. The van der Waals surface area contributed by atoms with Crippen LogP contribution in [-0.4, -0.2) is 65.2 Å². The Hall–Kier alpha value is -3.12. The highest BCUT2D eigenvalue weighted by Crippen LogP contribution is 2.31. The number of anilines is 1.